The molecule has 0 radical (unpaired) electrons. The molecule has 1 aliphatic rings. The van der Waals surface area contributed by atoms with Crippen molar-refractivity contribution in [2.45, 2.75) is 51.2 Å². The summed E-state index contributed by atoms with van der Waals surface area (Å²) in [6, 6.07) is -0.172. The maximum atomic E-state index is 11.5. The summed E-state index contributed by atoms with van der Waals surface area (Å²) < 4.78 is 10.3. The Hall–Kier alpha value is -0.610. The largest absolute Gasteiger partial charge is 0.468 e. The van der Waals surface area contributed by atoms with Gasteiger partial charge in [0.05, 0.1) is 13.2 Å². The average molecular weight is 229 g/mol. The van der Waals surface area contributed by atoms with E-state index in [1.807, 2.05) is 0 Å². The maximum absolute atomic E-state index is 11.5. The molecule has 0 saturated carbocycles. The molecule has 1 fully saturated rings. The number of hydrogen-bond donors (Lipinski definition) is 1. The normalized spacial score (nSPS) is 22.0. The summed E-state index contributed by atoms with van der Waals surface area (Å²) in [6.45, 7) is 3.72. The number of nitrogens with one attached hydrogen (secondary N) is 1. The van der Waals surface area contributed by atoms with Crippen LogP contribution in [0.5, 0.6) is 0 Å². The van der Waals surface area contributed by atoms with Gasteiger partial charge in [-0.3, -0.25) is 4.79 Å². The molecule has 1 N–H and O–H groups in total. The third-order valence-electron chi connectivity index (χ3n) is 2.95. The van der Waals surface area contributed by atoms with Crippen molar-refractivity contribution in [3.63, 3.8) is 0 Å². The zero-order valence-corrected chi connectivity index (χ0v) is 10.3. The number of esters is 1. The van der Waals surface area contributed by atoms with Crippen molar-refractivity contribution in [2.75, 3.05) is 20.3 Å². The van der Waals surface area contributed by atoms with E-state index < -0.39 is 0 Å². The monoisotopic (exact) mass is 229 g/mol. The minimum Gasteiger partial charge on any atom is -0.468 e. The quantitative estimate of drug-likeness (QED) is 0.672. The van der Waals surface area contributed by atoms with Crippen molar-refractivity contribution in [3.8, 4) is 0 Å². The van der Waals surface area contributed by atoms with E-state index in [0.717, 1.165) is 45.3 Å². The van der Waals surface area contributed by atoms with Gasteiger partial charge in [0.2, 0.25) is 0 Å². The van der Waals surface area contributed by atoms with Gasteiger partial charge in [0, 0.05) is 13.2 Å². The molecule has 1 rings (SSSR count). The van der Waals surface area contributed by atoms with E-state index in [4.69, 9.17) is 9.47 Å². The van der Waals surface area contributed by atoms with E-state index in [1.54, 1.807) is 0 Å². The summed E-state index contributed by atoms with van der Waals surface area (Å²) in [5.74, 6) is -0.161. The van der Waals surface area contributed by atoms with Crippen molar-refractivity contribution >= 4 is 5.97 Å². The molecule has 0 spiro atoms. The number of carbonyl (C=O) groups excluding carboxylic acids is 1. The SMILES string of the molecule is CCCCC(NCC1CCCO1)C(=O)OC. The van der Waals surface area contributed by atoms with Gasteiger partial charge < -0.3 is 14.8 Å². The van der Waals surface area contributed by atoms with Gasteiger partial charge in [0.25, 0.3) is 0 Å². The van der Waals surface area contributed by atoms with Crippen LogP contribution in [0.4, 0.5) is 0 Å². The lowest BCUT2D eigenvalue weighted by molar-refractivity contribution is -0.143. The number of hydrogen-bond acceptors (Lipinski definition) is 4. The second kappa shape index (κ2) is 7.63. The van der Waals surface area contributed by atoms with Crippen LogP contribution < -0.4 is 5.32 Å². The van der Waals surface area contributed by atoms with Gasteiger partial charge >= 0.3 is 5.97 Å². The van der Waals surface area contributed by atoms with E-state index in [9.17, 15) is 4.79 Å². The van der Waals surface area contributed by atoms with Gasteiger partial charge in [0.1, 0.15) is 6.04 Å². The zero-order valence-electron chi connectivity index (χ0n) is 10.3. The fraction of sp³-hybridized carbons (Fsp3) is 0.917. The highest BCUT2D eigenvalue weighted by atomic mass is 16.5. The van der Waals surface area contributed by atoms with Crippen molar-refractivity contribution in [1.82, 2.24) is 5.32 Å². The van der Waals surface area contributed by atoms with Crippen LogP contribution in [-0.2, 0) is 14.3 Å². The van der Waals surface area contributed by atoms with Crippen molar-refractivity contribution < 1.29 is 14.3 Å². The molecule has 0 aliphatic carbocycles. The molecule has 2 unspecified atom stereocenters. The number of rotatable bonds is 7. The molecule has 0 aromatic heterocycles. The van der Waals surface area contributed by atoms with Crippen LogP contribution in [0.3, 0.4) is 0 Å². The molecule has 1 saturated heterocycles. The average Bonchev–Trinajstić information content (AvgIpc) is 2.81. The Kier molecular flexibility index (Phi) is 6.42. The highest BCUT2D eigenvalue weighted by Crippen LogP contribution is 2.11. The molecule has 4 nitrogen and oxygen atoms in total. The second-order valence-electron chi connectivity index (χ2n) is 4.26. The van der Waals surface area contributed by atoms with E-state index in [0.29, 0.717) is 0 Å². The topological polar surface area (TPSA) is 47.6 Å². The van der Waals surface area contributed by atoms with Crippen LogP contribution in [0.25, 0.3) is 0 Å². The van der Waals surface area contributed by atoms with E-state index in [-0.39, 0.29) is 18.1 Å². The Labute approximate surface area is 97.7 Å². The van der Waals surface area contributed by atoms with Gasteiger partial charge in [-0.1, -0.05) is 19.8 Å². The summed E-state index contributed by atoms with van der Waals surface area (Å²) in [6.07, 6.45) is 5.47. The number of unbranched alkanes of at least 4 members (excludes halogenated alkanes) is 1. The fourth-order valence-electron chi connectivity index (χ4n) is 1.93. The molecular weight excluding hydrogens is 206 g/mol. The van der Waals surface area contributed by atoms with Gasteiger partial charge in [0.15, 0.2) is 0 Å². The Bertz CT molecular complexity index is 202. The predicted molar refractivity (Wildman–Crippen MR) is 62.3 cm³/mol. The lowest BCUT2D eigenvalue weighted by Crippen LogP contribution is -2.41. The Morgan fingerprint density at radius 3 is 3.00 bits per heavy atom. The van der Waals surface area contributed by atoms with Crippen molar-refractivity contribution in [3.05, 3.63) is 0 Å². The highest BCUT2D eigenvalue weighted by molar-refractivity contribution is 5.75. The first-order valence-electron chi connectivity index (χ1n) is 6.20. The molecule has 16 heavy (non-hydrogen) atoms. The first kappa shape index (κ1) is 13.5. The molecule has 1 heterocycles. The first-order valence-corrected chi connectivity index (χ1v) is 6.20. The van der Waals surface area contributed by atoms with Crippen LogP contribution in [0.1, 0.15) is 39.0 Å². The standard InChI is InChI=1S/C12H23NO3/c1-3-4-7-11(12(14)15-2)13-9-10-6-5-8-16-10/h10-11,13H,3-9H2,1-2H3. The molecule has 0 amide bonds. The minimum absolute atomic E-state index is 0.161. The van der Waals surface area contributed by atoms with Crippen LogP contribution in [0, 0.1) is 0 Å². The summed E-state index contributed by atoms with van der Waals surface area (Å²) in [5, 5.41) is 3.25. The van der Waals surface area contributed by atoms with Crippen molar-refractivity contribution in [2.24, 2.45) is 0 Å². The molecule has 94 valence electrons. The van der Waals surface area contributed by atoms with Crippen LogP contribution in [-0.4, -0.2) is 38.4 Å². The molecule has 1 aliphatic heterocycles. The van der Waals surface area contributed by atoms with Crippen LogP contribution in [0.2, 0.25) is 0 Å². The predicted octanol–water partition coefficient (Wildman–Crippen LogP) is 1.49. The van der Waals surface area contributed by atoms with E-state index in [1.165, 1.54) is 7.11 Å². The molecule has 0 aromatic rings. The Morgan fingerprint density at radius 1 is 1.62 bits per heavy atom. The maximum Gasteiger partial charge on any atom is 0.322 e. The zero-order chi connectivity index (χ0) is 11.8. The summed E-state index contributed by atoms with van der Waals surface area (Å²) in [5.41, 5.74) is 0. The van der Waals surface area contributed by atoms with E-state index in [2.05, 4.69) is 12.2 Å². The number of ether oxygens (including phenoxy) is 2. The molecule has 0 aromatic carbocycles. The fourth-order valence-corrected chi connectivity index (χ4v) is 1.93. The van der Waals surface area contributed by atoms with Gasteiger partial charge in [-0.2, -0.15) is 0 Å². The number of methoxy groups -OCH3 is 1. The summed E-state index contributed by atoms with van der Waals surface area (Å²) in [7, 11) is 1.44. The third kappa shape index (κ3) is 4.49. The summed E-state index contributed by atoms with van der Waals surface area (Å²) >= 11 is 0. The molecule has 4 heteroatoms. The third-order valence-corrected chi connectivity index (χ3v) is 2.95. The van der Waals surface area contributed by atoms with Crippen LogP contribution in [0.15, 0.2) is 0 Å². The summed E-state index contributed by atoms with van der Waals surface area (Å²) in [4.78, 5) is 11.5. The number of carbonyl (C=O) groups is 1. The smallest absolute Gasteiger partial charge is 0.322 e. The lowest BCUT2D eigenvalue weighted by atomic mass is 10.1. The van der Waals surface area contributed by atoms with Gasteiger partial charge in [-0.15, -0.1) is 0 Å². The Morgan fingerprint density at radius 2 is 2.44 bits per heavy atom. The molecule has 0 bridgehead atoms. The Balaban J connectivity index is 2.27. The lowest BCUT2D eigenvalue weighted by Gasteiger charge is -2.18. The minimum atomic E-state index is -0.172. The second-order valence-corrected chi connectivity index (χ2v) is 4.26. The molecule has 2 atom stereocenters. The first-order chi connectivity index (χ1) is 7.77. The highest BCUT2D eigenvalue weighted by Gasteiger charge is 2.21. The van der Waals surface area contributed by atoms with Gasteiger partial charge in [-0.05, 0) is 19.3 Å². The van der Waals surface area contributed by atoms with Crippen molar-refractivity contribution in [1.29, 1.82) is 0 Å². The molecular formula is C12H23NO3. The van der Waals surface area contributed by atoms with Crippen LogP contribution >= 0.6 is 0 Å². The van der Waals surface area contributed by atoms with E-state index >= 15 is 0 Å². The van der Waals surface area contributed by atoms with Gasteiger partial charge in [-0.25, -0.2) is 0 Å².